The number of halogens is 1. The first-order valence-corrected chi connectivity index (χ1v) is 7.69. The fraction of sp³-hybridized carbons (Fsp3) is 0.222. The first-order valence-electron chi connectivity index (χ1n) is 7.69. The van der Waals surface area contributed by atoms with E-state index in [0.29, 0.717) is 0 Å². The monoisotopic (exact) mass is 308 g/mol. The van der Waals surface area contributed by atoms with Gasteiger partial charge in [0.15, 0.2) is 0 Å². The highest BCUT2D eigenvalue weighted by atomic mass is 19.1. The Morgan fingerprint density at radius 3 is 2.48 bits per heavy atom. The van der Waals surface area contributed by atoms with E-state index in [1.807, 2.05) is 16.8 Å². The molecule has 2 atom stereocenters. The Morgan fingerprint density at radius 2 is 1.74 bits per heavy atom. The van der Waals surface area contributed by atoms with Gasteiger partial charge >= 0.3 is 0 Å². The summed E-state index contributed by atoms with van der Waals surface area (Å²) in [5.41, 5.74) is 3.50. The van der Waals surface area contributed by atoms with Crippen molar-refractivity contribution in [2.75, 3.05) is 5.32 Å². The molecular formula is C18H17FN4. The lowest BCUT2D eigenvalue weighted by molar-refractivity contribution is 0.430. The van der Waals surface area contributed by atoms with E-state index in [-0.39, 0.29) is 17.9 Å². The minimum Gasteiger partial charge on any atom is -0.348 e. The van der Waals surface area contributed by atoms with Crippen molar-refractivity contribution >= 4 is 5.95 Å². The van der Waals surface area contributed by atoms with E-state index in [9.17, 15) is 4.39 Å². The molecule has 0 fully saturated rings. The summed E-state index contributed by atoms with van der Waals surface area (Å²) in [7, 11) is 0. The van der Waals surface area contributed by atoms with E-state index >= 15 is 0 Å². The number of aromatic nitrogens is 3. The van der Waals surface area contributed by atoms with Gasteiger partial charge in [0.25, 0.3) is 0 Å². The molecule has 3 aromatic rings. The van der Waals surface area contributed by atoms with E-state index in [2.05, 4.69) is 46.6 Å². The minimum atomic E-state index is -0.225. The Labute approximate surface area is 134 Å². The number of hydrogen-bond acceptors (Lipinski definition) is 3. The first kappa shape index (κ1) is 13.9. The SMILES string of the molecule is Cc1ccc([C@@H]2C[C@@H](c3ccc(F)cc3)n3ncnc3N2)cc1. The molecule has 0 radical (unpaired) electrons. The third-order valence-corrected chi connectivity index (χ3v) is 4.37. The summed E-state index contributed by atoms with van der Waals surface area (Å²) >= 11 is 0. The van der Waals surface area contributed by atoms with Crippen LogP contribution < -0.4 is 5.32 Å². The second kappa shape index (κ2) is 5.50. The maximum atomic E-state index is 13.2. The Bertz CT molecular complexity index is 808. The van der Waals surface area contributed by atoms with E-state index in [0.717, 1.165) is 17.9 Å². The van der Waals surface area contributed by atoms with Crippen molar-refractivity contribution in [2.24, 2.45) is 0 Å². The van der Waals surface area contributed by atoms with Crippen molar-refractivity contribution in [1.29, 1.82) is 0 Å². The number of hydrogen-bond donors (Lipinski definition) is 1. The predicted octanol–water partition coefficient (Wildman–Crippen LogP) is 3.87. The maximum Gasteiger partial charge on any atom is 0.222 e. The van der Waals surface area contributed by atoms with Crippen LogP contribution in [-0.4, -0.2) is 14.8 Å². The molecule has 0 saturated carbocycles. The van der Waals surface area contributed by atoms with Crippen molar-refractivity contribution in [3.05, 3.63) is 77.4 Å². The smallest absolute Gasteiger partial charge is 0.222 e. The lowest BCUT2D eigenvalue weighted by atomic mass is 9.93. The average molecular weight is 308 g/mol. The Hall–Kier alpha value is -2.69. The van der Waals surface area contributed by atoms with Crippen LogP contribution in [0.2, 0.25) is 0 Å². The van der Waals surface area contributed by atoms with E-state index < -0.39 is 0 Å². The molecule has 1 aromatic heterocycles. The van der Waals surface area contributed by atoms with Crippen LogP contribution in [0.15, 0.2) is 54.9 Å². The van der Waals surface area contributed by atoms with Crippen LogP contribution in [0.5, 0.6) is 0 Å². The van der Waals surface area contributed by atoms with Gasteiger partial charge in [-0.3, -0.25) is 0 Å². The number of rotatable bonds is 2. The molecule has 5 heteroatoms. The average Bonchev–Trinajstić information content (AvgIpc) is 3.04. The molecule has 4 rings (SSSR count). The highest BCUT2D eigenvalue weighted by Gasteiger charge is 2.29. The molecule has 0 saturated heterocycles. The van der Waals surface area contributed by atoms with Gasteiger partial charge in [-0.2, -0.15) is 10.1 Å². The van der Waals surface area contributed by atoms with Crippen LogP contribution in [0, 0.1) is 12.7 Å². The lowest BCUT2D eigenvalue weighted by Crippen LogP contribution is -2.28. The number of aryl methyl sites for hydroxylation is 1. The summed E-state index contributed by atoms with van der Waals surface area (Å²) in [5, 5.41) is 7.77. The van der Waals surface area contributed by atoms with Crippen molar-refractivity contribution in [3.8, 4) is 0 Å². The molecule has 1 aliphatic heterocycles. The van der Waals surface area contributed by atoms with Crippen LogP contribution in [0.1, 0.15) is 35.2 Å². The van der Waals surface area contributed by atoms with E-state index in [4.69, 9.17) is 0 Å². The summed E-state index contributed by atoms with van der Waals surface area (Å²) < 4.78 is 15.1. The number of fused-ring (bicyclic) bond motifs is 1. The number of benzene rings is 2. The molecule has 1 aliphatic rings. The Morgan fingerprint density at radius 1 is 1.04 bits per heavy atom. The molecule has 2 heterocycles. The fourth-order valence-corrected chi connectivity index (χ4v) is 3.10. The number of anilines is 1. The predicted molar refractivity (Wildman–Crippen MR) is 86.7 cm³/mol. The zero-order chi connectivity index (χ0) is 15.8. The summed E-state index contributed by atoms with van der Waals surface area (Å²) in [4.78, 5) is 4.31. The van der Waals surface area contributed by atoms with Gasteiger partial charge in [0, 0.05) is 0 Å². The van der Waals surface area contributed by atoms with Gasteiger partial charge in [0.2, 0.25) is 5.95 Å². The first-order chi connectivity index (χ1) is 11.2. The zero-order valence-electron chi connectivity index (χ0n) is 12.8. The zero-order valence-corrected chi connectivity index (χ0v) is 12.8. The van der Waals surface area contributed by atoms with Crippen molar-refractivity contribution in [2.45, 2.75) is 25.4 Å². The minimum absolute atomic E-state index is 0.0423. The van der Waals surface area contributed by atoms with Crippen molar-refractivity contribution in [1.82, 2.24) is 14.8 Å². The van der Waals surface area contributed by atoms with Gasteiger partial charge in [-0.1, -0.05) is 42.0 Å². The quantitative estimate of drug-likeness (QED) is 0.781. The van der Waals surface area contributed by atoms with Crippen molar-refractivity contribution < 1.29 is 4.39 Å². The molecule has 0 unspecified atom stereocenters. The number of nitrogens with zero attached hydrogens (tertiary/aromatic N) is 3. The fourth-order valence-electron chi connectivity index (χ4n) is 3.10. The lowest BCUT2D eigenvalue weighted by Gasteiger charge is -2.31. The van der Waals surface area contributed by atoms with Crippen LogP contribution >= 0.6 is 0 Å². The maximum absolute atomic E-state index is 13.2. The van der Waals surface area contributed by atoms with Crippen LogP contribution in [-0.2, 0) is 0 Å². The van der Waals surface area contributed by atoms with E-state index in [1.54, 1.807) is 6.33 Å². The topological polar surface area (TPSA) is 42.7 Å². The molecule has 0 aliphatic carbocycles. The molecular weight excluding hydrogens is 291 g/mol. The van der Waals surface area contributed by atoms with Crippen LogP contribution in [0.3, 0.4) is 0 Å². The summed E-state index contributed by atoms with van der Waals surface area (Å²) in [5.74, 6) is 0.521. The molecule has 0 spiro atoms. The largest absolute Gasteiger partial charge is 0.348 e. The normalized spacial score (nSPS) is 19.9. The Kier molecular flexibility index (Phi) is 3.33. The second-order valence-electron chi connectivity index (χ2n) is 5.94. The Balaban J connectivity index is 1.71. The molecule has 1 N–H and O–H groups in total. The molecule has 0 amide bonds. The van der Waals surface area contributed by atoms with Gasteiger partial charge < -0.3 is 5.32 Å². The molecule has 116 valence electrons. The van der Waals surface area contributed by atoms with Gasteiger partial charge in [-0.05, 0) is 36.6 Å². The van der Waals surface area contributed by atoms with Crippen molar-refractivity contribution in [3.63, 3.8) is 0 Å². The van der Waals surface area contributed by atoms with Gasteiger partial charge in [0.1, 0.15) is 12.1 Å². The standard InChI is InChI=1S/C18H17FN4/c1-12-2-4-13(5-3-12)16-10-17(14-6-8-15(19)9-7-14)23-18(22-16)20-11-21-23/h2-9,11,16-17H,10H2,1H3,(H,20,21,22)/t16-,17-/m0/s1. The molecule has 4 nitrogen and oxygen atoms in total. The summed E-state index contributed by atoms with van der Waals surface area (Å²) in [6.45, 7) is 2.08. The van der Waals surface area contributed by atoms with Gasteiger partial charge in [-0.25, -0.2) is 9.07 Å². The number of nitrogens with one attached hydrogen (secondary N) is 1. The third kappa shape index (κ3) is 2.59. The molecule has 0 bridgehead atoms. The van der Waals surface area contributed by atoms with Gasteiger partial charge in [-0.15, -0.1) is 0 Å². The van der Waals surface area contributed by atoms with E-state index in [1.165, 1.54) is 23.3 Å². The summed E-state index contributed by atoms with van der Waals surface area (Å²) in [6, 6.07) is 15.3. The highest BCUT2D eigenvalue weighted by Crippen LogP contribution is 2.37. The van der Waals surface area contributed by atoms with Crippen LogP contribution in [0.25, 0.3) is 0 Å². The second-order valence-corrected chi connectivity index (χ2v) is 5.94. The highest BCUT2D eigenvalue weighted by molar-refractivity contribution is 5.38. The van der Waals surface area contributed by atoms with Crippen LogP contribution in [0.4, 0.5) is 10.3 Å². The third-order valence-electron chi connectivity index (χ3n) is 4.37. The molecule has 2 aromatic carbocycles. The summed E-state index contributed by atoms with van der Waals surface area (Å²) in [6.07, 6.45) is 2.39. The molecule has 23 heavy (non-hydrogen) atoms. The van der Waals surface area contributed by atoms with Gasteiger partial charge in [0.05, 0.1) is 12.1 Å².